The Morgan fingerprint density at radius 3 is 3.07 bits per heavy atom. The standard InChI is InChI=1S/C10H12IN3/c1-3-7(2)8-6-10-12-9(11)4-5-14(10)13-8/h4-7H,3H2,1-2H3. The maximum Gasteiger partial charge on any atom is 0.156 e. The van der Waals surface area contributed by atoms with Gasteiger partial charge in [0.1, 0.15) is 3.70 Å². The minimum absolute atomic E-state index is 0.509. The summed E-state index contributed by atoms with van der Waals surface area (Å²) < 4.78 is 2.84. The molecule has 14 heavy (non-hydrogen) atoms. The fourth-order valence-corrected chi connectivity index (χ4v) is 1.73. The van der Waals surface area contributed by atoms with Crippen LogP contribution in [0.25, 0.3) is 5.65 Å². The van der Waals surface area contributed by atoms with Gasteiger partial charge in [-0.25, -0.2) is 9.50 Å². The smallest absolute Gasteiger partial charge is 0.156 e. The van der Waals surface area contributed by atoms with Gasteiger partial charge in [-0.2, -0.15) is 5.10 Å². The van der Waals surface area contributed by atoms with Gasteiger partial charge in [0.2, 0.25) is 0 Å². The Balaban J connectivity index is 2.51. The topological polar surface area (TPSA) is 30.2 Å². The highest BCUT2D eigenvalue weighted by atomic mass is 127. The molecule has 0 radical (unpaired) electrons. The summed E-state index contributed by atoms with van der Waals surface area (Å²) in [5.74, 6) is 0.509. The van der Waals surface area contributed by atoms with Gasteiger partial charge in [0.05, 0.1) is 5.69 Å². The molecular formula is C10H12IN3. The number of hydrogen-bond acceptors (Lipinski definition) is 2. The molecule has 2 heterocycles. The van der Waals surface area contributed by atoms with Gasteiger partial charge in [0.15, 0.2) is 5.65 Å². The van der Waals surface area contributed by atoms with Crippen molar-refractivity contribution in [2.75, 3.05) is 0 Å². The van der Waals surface area contributed by atoms with Crippen LogP contribution in [-0.2, 0) is 0 Å². The fraction of sp³-hybridized carbons (Fsp3) is 0.400. The van der Waals surface area contributed by atoms with Crippen molar-refractivity contribution < 1.29 is 0 Å². The van der Waals surface area contributed by atoms with Gasteiger partial charge in [-0.1, -0.05) is 13.8 Å². The summed E-state index contributed by atoms with van der Waals surface area (Å²) in [5, 5.41) is 4.48. The Kier molecular flexibility index (Phi) is 2.71. The van der Waals surface area contributed by atoms with Crippen molar-refractivity contribution in [3.05, 3.63) is 27.7 Å². The molecule has 0 saturated heterocycles. The van der Waals surface area contributed by atoms with E-state index in [9.17, 15) is 0 Å². The van der Waals surface area contributed by atoms with Crippen LogP contribution in [0.4, 0.5) is 0 Å². The Morgan fingerprint density at radius 2 is 2.36 bits per heavy atom. The molecule has 2 aromatic rings. The molecule has 1 atom stereocenters. The Bertz CT molecular complexity index is 450. The van der Waals surface area contributed by atoms with Gasteiger partial charge in [0.25, 0.3) is 0 Å². The van der Waals surface area contributed by atoms with Crippen molar-refractivity contribution >= 4 is 28.2 Å². The molecular weight excluding hydrogens is 289 g/mol. The van der Waals surface area contributed by atoms with Crippen LogP contribution in [-0.4, -0.2) is 14.6 Å². The third-order valence-corrected chi connectivity index (χ3v) is 3.03. The normalized spacial score (nSPS) is 13.4. The number of hydrogen-bond donors (Lipinski definition) is 0. The SMILES string of the molecule is CCC(C)c1cc2nc(I)ccn2n1. The van der Waals surface area contributed by atoms with Crippen LogP contribution >= 0.6 is 22.6 Å². The second-order valence-electron chi connectivity index (χ2n) is 3.43. The van der Waals surface area contributed by atoms with Crippen LogP contribution < -0.4 is 0 Å². The van der Waals surface area contributed by atoms with Gasteiger partial charge in [-0.15, -0.1) is 0 Å². The number of aromatic nitrogens is 3. The summed E-state index contributed by atoms with van der Waals surface area (Å²) in [6, 6.07) is 4.03. The molecule has 0 amide bonds. The summed E-state index contributed by atoms with van der Waals surface area (Å²) in [7, 11) is 0. The first-order valence-corrected chi connectivity index (χ1v) is 5.80. The minimum Gasteiger partial charge on any atom is -0.223 e. The van der Waals surface area contributed by atoms with Crippen molar-refractivity contribution in [2.24, 2.45) is 0 Å². The summed E-state index contributed by atoms with van der Waals surface area (Å²) in [4.78, 5) is 4.40. The summed E-state index contributed by atoms with van der Waals surface area (Å²) in [6.45, 7) is 4.36. The Labute approximate surface area is 96.7 Å². The van der Waals surface area contributed by atoms with Crippen LogP contribution in [0, 0.1) is 3.70 Å². The fourth-order valence-electron chi connectivity index (χ4n) is 1.32. The molecule has 0 aliphatic heterocycles. The summed E-state index contributed by atoms with van der Waals surface area (Å²) in [6.07, 6.45) is 3.07. The molecule has 0 fully saturated rings. The van der Waals surface area contributed by atoms with Crippen LogP contribution in [0.3, 0.4) is 0 Å². The van der Waals surface area contributed by atoms with E-state index in [0.717, 1.165) is 21.5 Å². The van der Waals surface area contributed by atoms with Gasteiger partial charge in [-0.05, 0) is 35.1 Å². The van der Waals surface area contributed by atoms with E-state index in [1.807, 2.05) is 16.8 Å². The predicted octanol–water partition coefficient (Wildman–Crippen LogP) is 2.85. The van der Waals surface area contributed by atoms with E-state index in [1.54, 1.807) is 0 Å². The molecule has 74 valence electrons. The number of halogens is 1. The molecule has 0 aliphatic carbocycles. The molecule has 2 rings (SSSR count). The van der Waals surface area contributed by atoms with E-state index in [-0.39, 0.29) is 0 Å². The molecule has 0 aliphatic rings. The largest absolute Gasteiger partial charge is 0.223 e. The lowest BCUT2D eigenvalue weighted by atomic mass is 10.1. The summed E-state index contributed by atoms with van der Waals surface area (Å²) >= 11 is 2.21. The quantitative estimate of drug-likeness (QED) is 0.631. The van der Waals surface area contributed by atoms with Gasteiger partial charge >= 0.3 is 0 Å². The zero-order valence-electron chi connectivity index (χ0n) is 8.24. The highest BCUT2D eigenvalue weighted by Crippen LogP contribution is 2.18. The number of nitrogens with zero attached hydrogens (tertiary/aromatic N) is 3. The molecule has 0 bridgehead atoms. The summed E-state index contributed by atoms with van der Waals surface area (Å²) in [5.41, 5.74) is 2.06. The molecule has 4 heteroatoms. The van der Waals surface area contributed by atoms with E-state index in [4.69, 9.17) is 0 Å². The monoisotopic (exact) mass is 301 g/mol. The first-order valence-electron chi connectivity index (χ1n) is 4.72. The second kappa shape index (κ2) is 3.84. The molecule has 0 saturated carbocycles. The molecule has 1 unspecified atom stereocenters. The second-order valence-corrected chi connectivity index (χ2v) is 4.54. The van der Waals surface area contributed by atoms with Crippen LogP contribution in [0.2, 0.25) is 0 Å². The third-order valence-electron chi connectivity index (χ3n) is 2.43. The van der Waals surface area contributed by atoms with E-state index in [0.29, 0.717) is 5.92 Å². The lowest BCUT2D eigenvalue weighted by molar-refractivity contribution is 0.694. The molecule has 3 nitrogen and oxygen atoms in total. The van der Waals surface area contributed by atoms with Crippen LogP contribution in [0.15, 0.2) is 18.3 Å². The van der Waals surface area contributed by atoms with Gasteiger partial charge in [-0.3, -0.25) is 0 Å². The Morgan fingerprint density at radius 1 is 1.57 bits per heavy atom. The zero-order chi connectivity index (χ0) is 10.1. The first-order chi connectivity index (χ1) is 6.70. The predicted molar refractivity (Wildman–Crippen MR) is 64.4 cm³/mol. The highest BCUT2D eigenvalue weighted by Gasteiger charge is 2.08. The van der Waals surface area contributed by atoms with E-state index >= 15 is 0 Å². The van der Waals surface area contributed by atoms with E-state index in [2.05, 4.69) is 52.6 Å². The van der Waals surface area contributed by atoms with Crippen molar-refractivity contribution in [1.82, 2.24) is 14.6 Å². The molecule has 0 N–H and O–H groups in total. The van der Waals surface area contributed by atoms with Gasteiger partial charge in [0, 0.05) is 18.2 Å². The molecule has 2 aromatic heterocycles. The average molecular weight is 301 g/mol. The lowest BCUT2D eigenvalue weighted by Gasteiger charge is -2.01. The first kappa shape index (κ1) is 9.89. The lowest BCUT2D eigenvalue weighted by Crippen LogP contribution is -1.94. The van der Waals surface area contributed by atoms with Gasteiger partial charge < -0.3 is 0 Å². The van der Waals surface area contributed by atoms with Crippen LogP contribution in [0.1, 0.15) is 31.9 Å². The van der Waals surface area contributed by atoms with E-state index < -0.39 is 0 Å². The maximum atomic E-state index is 4.48. The van der Waals surface area contributed by atoms with Crippen molar-refractivity contribution in [2.45, 2.75) is 26.2 Å². The average Bonchev–Trinajstić information content (AvgIpc) is 2.59. The zero-order valence-corrected chi connectivity index (χ0v) is 10.4. The van der Waals surface area contributed by atoms with Crippen molar-refractivity contribution in [3.8, 4) is 0 Å². The molecule has 0 spiro atoms. The van der Waals surface area contributed by atoms with E-state index in [1.165, 1.54) is 0 Å². The van der Waals surface area contributed by atoms with Crippen LogP contribution in [0.5, 0.6) is 0 Å². The number of rotatable bonds is 2. The Hall–Kier alpha value is -0.650. The maximum absolute atomic E-state index is 4.48. The number of fused-ring (bicyclic) bond motifs is 1. The highest BCUT2D eigenvalue weighted by molar-refractivity contribution is 14.1. The van der Waals surface area contributed by atoms with Crippen molar-refractivity contribution in [1.29, 1.82) is 0 Å². The minimum atomic E-state index is 0.509. The van der Waals surface area contributed by atoms with Crippen molar-refractivity contribution in [3.63, 3.8) is 0 Å². The third kappa shape index (κ3) is 1.75. The molecule has 0 aromatic carbocycles.